The summed E-state index contributed by atoms with van der Waals surface area (Å²) in [5, 5.41) is 11.8. The third-order valence-electron chi connectivity index (χ3n) is 8.42. The van der Waals surface area contributed by atoms with Gasteiger partial charge in [0.1, 0.15) is 6.10 Å². The molecule has 2 aromatic carbocycles. The van der Waals surface area contributed by atoms with Gasteiger partial charge in [0, 0.05) is 51.6 Å². The smallest absolute Gasteiger partial charge is 0.258 e. The van der Waals surface area contributed by atoms with Crippen molar-refractivity contribution in [3.63, 3.8) is 0 Å². The fourth-order valence-electron chi connectivity index (χ4n) is 6.18. The van der Waals surface area contributed by atoms with Crippen LogP contribution in [-0.4, -0.2) is 68.6 Å². The Bertz CT molecular complexity index is 1630. The van der Waals surface area contributed by atoms with E-state index >= 15 is 0 Å². The van der Waals surface area contributed by atoms with Crippen molar-refractivity contribution in [2.45, 2.75) is 24.7 Å². The van der Waals surface area contributed by atoms with Crippen molar-refractivity contribution in [3.05, 3.63) is 118 Å². The molecule has 3 heterocycles. The summed E-state index contributed by atoms with van der Waals surface area (Å²) < 4.78 is 8.06. The summed E-state index contributed by atoms with van der Waals surface area (Å²) in [4.78, 5) is 26.8. The van der Waals surface area contributed by atoms with Crippen molar-refractivity contribution < 1.29 is 14.6 Å². The number of aliphatic hydroxyl groups is 1. The van der Waals surface area contributed by atoms with Crippen LogP contribution in [0.4, 0.5) is 0 Å². The summed E-state index contributed by atoms with van der Waals surface area (Å²) in [6, 6.07) is 19.0. The number of benzene rings is 2. The average molecular weight is 584 g/mol. The van der Waals surface area contributed by atoms with Crippen molar-refractivity contribution in [3.8, 4) is 0 Å². The molecule has 1 aliphatic heterocycles. The van der Waals surface area contributed by atoms with Gasteiger partial charge in [0.15, 0.2) is 5.60 Å². The zero-order valence-electron chi connectivity index (χ0n) is 23.9. The van der Waals surface area contributed by atoms with Crippen LogP contribution in [0.25, 0.3) is 11.6 Å². The maximum absolute atomic E-state index is 13.5. The van der Waals surface area contributed by atoms with Crippen LogP contribution < -0.4 is 0 Å². The number of rotatable bonds is 6. The van der Waals surface area contributed by atoms with Crippen LogP contribution in [0.5, 0.6) is 0 Å². The number of nitrogens with zero attached hydrogens (tertiary/aromatic N) is 5. The lowest BCUT2D eigenvalue weighted by atomic mass is 9.90. The van der Waals surface area contributed by atoms with Crippen LogP contribution in [0.3, 0.4) is 0 Å². The molecular weight excluding hydrogens is 550 g/mol. The zero-order chi connectivity index (χ0) is 29.4. The number of methoxy groups -OCH3 is 1. The molecule has 9 heteroatoms. The molecule has 0 spiro atoms. The highest BCUT2D eigenvalue weighted by Crippen LogP contribution is 2.45. The van der Waals surface area contributed by atoms with Crippen LogP contribution in [0.1, 0.15) is 52.7 Å². The number of carbonyl (C=O) groups is 1. The minimum absolute atomic E-state index is 0.168. The summed E-state index contributed by atoms with van der Waals surface area (Å²) in [5.41, 5.74) is 4.89. The number of hydrogen-bond donors (Lipinski definition) is 1. The minimum Gasteiger partial charge on any atom is -0.376 e. The number of carbonyl (C=O) groups excluding carboxylic acids is 1. The van der Waals surface area contributed by atoms with Crippen molar-refractivity contribution >= 4 is 29.2 Å². The van der Waals surface area contributed by atoms with Crippen LogP contribution in [0, 0.1) is 0 Å². The molecule has 2 aromatic heterocycles. The molecule has 1 saturated heterocycles. The van der Waals surface area contributed by atoms with E-state index in [0.717, 1.165) is 33.7 Å². The first-order valence-corrected chi connectivity index (χ1v) is 14.4. The predicted octanol–water partition coefficient (Wildman–Crippen LogP) is 4.85. The zero-order valence-corrected chi connectivity index (χ0v) is 24.7. The molecule has 6 rings (SSSR count). The molecule has 0 radical (unpaired) electrons. The first-order chi connectivity index (χ1) is 20.3. The Balaban J connectivity index is 1.36. The fourth-order valence-corrected chi connectivity index (χ4v) is 6.35. The molecule has 0 saturated carbocycles. The van der Waals surface area contributed by atoms with Gasteiger partial charge in [0.2, 0.25) is 0 Å². The first-order valence-electron chi connectivity index (χ1n) is 14.1. The number of imidazole rings is 1. The fraction of sp³-hybridized carbons (Fsp3) is 0.303. The number of amides is 1. The van der Waals surface area contributed by atoms with E-state index in [9.17, 15) is 9.90 Å². The standard InChI is InChI=1S/C33H34ClN5O3/c1-33(41,23-9-5-4-6-10-23)32(40)39-16-14-38(15-17-39)30-25-12-11-24(34)19-26(25)27(18-22-8-7-13-36-29(22)30)31(42-3)28-20-35-21-37(28)2/h4-13,18-21,30-31,41H,14-17H2,1-3H3/t30-,31?,33+/m0/s1. The van der Waals surface area contributed by atoms with Gasteiger partial charge in [-0.05, 0) is 59.0 Å². The molecule has 1 fully saturated rings. The lowest BCUT2D eigenvalue weighted by Gasteiger charge is -2.41. The van der Waals surface area contributed by atoms with Crippen molar-refractivity contribution in [1.82, 2.24) is 24.3 Å². The molecular formula is C33H34ClN5O3. The van der Waals surface area contributed by atoms with Crippen LogP contribution in [0.2, 0.25) is 5.02 Å². The maximum Gasteiger partial charge on any atom is 0.258 e. The van der Waals surface area contributed by atoms with Gasteiger partial charge >= 0.3 is 0 Å². The second-order valence-electron chi connectivity index (χ2n) is 11.0. The summed E-state index contributed by atoms with van der Waals surface area (Å²) in [5.74, 6) is -0.289. The lowest BCUT2D eigenvalue weighted by Crippen LogP contribution is -2.54. The molecule has 216 valence electrons. The molecule has 42 heavy (non-hydrogen) atoms. The van der Waals surface area contributed by atoms with Gasteiger partial charge in [-0.3, -0.25) is 14.7 Å². The average Bonchev–Trinajstić information content (AvgIpc) is 3.38. The van der Waals surface area contributed by atoms with Gasteiger partial charge < -0.3 is 19.3 Å². The van der Waals surface area contributed by atoms with E-state index < -0.39 is 5.60 Å². The minimum atomic E-state index is -1.59. The largest absolute Gasteiger partial charge is 0.376 e. The van der Waals surface area contributed by atoms with Gasteiger partial charge in [0.25, 0.3) is 5.91 Å². The molecule has 1 N–H and O–H groups in total. The maximum atomic E-state index is 13.5. The van der Waals surface area contributed by atoms with Crippen LogP contribution in [-0.2, 0) is 22.2 Å². The number of halogens is 1. The highest BCUT2D eigenvalue weighted by molar-refractivity contribution is 6.30. The third kappa shape index (κ3) is 5.05. The Morgan fingerprint density at radius 1 is 1.10 bits per heavy atom. The van der Waals surface area contributed by atoms with Crippen LogP contribution >= 0.6 is 11.6 Å². The van der Waals surface area contributed by atoms with Gasteiger partial charge in [-0.25, -0.2) is 4.98 Å². The molecule has 1 unspecified atom stereocenters. The van der Waals surface area contributed by atoms with Crippen molar-refractivity contribution in [2.24, 2.45) is 7.05 Å². The Morgan fingerprint density at radius 3 is 2.55 bits per heavy atom. The first kappa shape index (κ1) is 28.3. The van der Waals surface area contributed by atoms with E-state index in [1.54, 1.807) is 37.4 Å². The number of pyridine rings is 1. The third-order valence-corrected chi connectivity index (χ3v) is 8.66. The lowest BCUT2D eigenvalue weighted by molar-refractivity contribution is -0.152. The molecule has 0 bridgehead atoms. The SMILES string of the molecule is COC(C1=Cc2cccnc2[C@@H](N2CCN(C(=O)[C@](C)(O)c3ccccc3)CC2)c2ccc(Cl)cc21)c1cncn1C. The van der Waals surface area contributed by atoms with E-state index in [1.807, 2.05) is 60.4 Å². The van der Waals surface area contributed by atoms with E-state index in [2.05, 4.69) is 28.1 Å². The second kappa shape index (κ2) is 11.5. The summed E-state index contributed by atoms with van der Waals surface area (Å²) >= 11 is 6.61. The molecule has 4 aromatic rings. The number of aryl methyl sites for hydroxylation is 1. The Labute approximate surface area is 250 Å². The molecule has 2 aliphatic rings. The van der Waals surface area contributed by atoms with Gasteiger partial charge in [-0.15, -0.1) is 0 Å². The summed E-state index contributed by atoms with van der Waals surface area (Å²) in [6.07, 6.45) is 7.19. The highest BCUT2D eigenvalue weighted by Gasteiger charge is 2.40. The van der Waals surface area contributed by atoms with E-state index in [1.165, 1.54) is 0 Å². The summed E-state index contributed by atoms with van der Waals surface area (Å²) in [7, 11) is 3.66. The second-order valence-corrected chi connectivity index (χ2v) is 11.5. The molecule has 3 atom stereocenters. The molecule has 1 aliphatic carbocycles. The topological polar surface area (TPSA) is 83.7 Å². The normalized spacial score (nSPS) is 19.2. The summed E-state index contributed by atoms with van der Waals surface area (Å²) in [6.45, 7) is 3.78. The van der Waals surface area contributed by atoms with Gasteiger partial charge in [0.05, 0.1) is 30.0 Å². The quantitative estimate of drug-likeness (QED) is 0.349. The van der Waals surface area contributed by atoms with Crippen molar-refractivity contribution in [2.75, 3.05) is 33.3 Å². The Hall–Kier alpha value is -3.82. The number of aromatic nitrogens is 3. The number of ether oxygens (including phenoxy) is 1. The number of piperazine rings is 1. The van der Waals surface area contributed by atoms with Gasteiger partial charge in [-0.2, -0.15) is 0 Å². The van der Waals surface area contributed by atoms with Crippen LogP contribution in [0.15, 0.2) is 79.4 Å². The Kier molecular flexibility index (Phi) is 7.72. The number of hydrogen-bond acceptors (Lipinski definition) is 6. The predicted molar refractivity (Wildman–Crippen MR) is 163 cm³/mol. The molecule has 1 amide bonds. The van der Waals surface area contributed by atoms with E-state index in [4.69, 9.17) is 21.3 Å². The van der Waals surface area contributed by atoms with E-state index in [0.29, 0.717) is 36.8 Å². The number of fused-ring (bicyclic) bond motifs is 2. The van der Waals surface area contributed by atoms with Gasteiger partial charge in [-0.1, -0.05) is 54.1 Å². The van der Waals surface area contributed by atoms with E-state index in [-0.39, 0.29) is 18.1 Å². The monoisotopic (exact) mass is 583 g/mol. The Morgan fingerprint density at radius 2 is 1.86 bits per heavy atom. The molecule has 8 nitrogen and oxygen atoms in total. The van der Waals surface area contributed by atoms with Crippen molar-refractivity contribution in [1.29, 1.82) is 0 Å². The highest BCUT2D eigenvalue weighted by atomic mass is 35.5.